The molecule has 1 rings (SSSR count). The molecule has 0 aliphatic heterocycles. The Morgan fingerprint density at radius 3 is 2.56 bits per heavy atom. The van der Waals surface area contributed by atoms with Gasteiger partial charge in [0.05, 0.1) is 23.8 Å². The molecule has 0 heterocycles. The molecule has 16 heavy (non-hydrogen) atoms. The van der Waals surface area contributed by atoms with E-state index >= 15 is 0 Å². The summed E-state index contributed by atoms with van der Waals surface area (Å²) in [5.74, 6) is 0.330. The van der Waals surface area contributed by atoms with Crippen molar-refractivity contribution in [1.29, 1.82) is 0 Å². The Morgan fingerprint density at radius 1 is 1.31 bits per heavy atom. The highest BCUT2D eigenvalue weighted by Crippen LogP contribution is 2.35. The van der Waals surface area contributed by atoms with E-state index in [1.165, 1.54) is 0 Å². The number of ether oxygens (including phenoxy) is 2. The second kappa shape index (κ2) is 6.25. The van der Waals surface area contributed by atoms with E-state index in [4.69, 9.17) is 9.47 Å². The Kier molecular flexibility index (Phi) is 5.28. The molecule has 3 nitrogen and oxygen atoms in total. The maximum atomic E-state index is 11.7. The average molecular weight is 352 g/mol. The van der Waals surface area contributed by atoms with Crippen LogP contribution < -0.4 is 4.74 Å². The fourth-order valence-electron chi connectivity index (χ4n) is 1.12. The quantitative estimate of drug-likeness (QED) is 0.774. The van der Waals surface area contributed by atoms with E-state index in [-0.39, 0.29) is 5.97 Å². The summed E-state index contributed by atoms with van der Waals surface area (Å²) < 4.78 is 11.5. The average Bonchev–Trinajstić information content (AvgIpc) is 2.29. The normalized spacial score (nSPS) is 10.0. The molecule has 0 saturated heterocycles. The van der Waals surface area contributed by atoms with Gasteiger partial charge in [-0.1, -0.05) is 6.92 Å². The van der Waals surface area contributed by atoms with Gasteiger partial charge in [0.15, 0.2) is 0 Å². The lowest BCUT2D eigenvalue weighted by atomic mass is 10.2. The van der Waals surface area contributed by atoms with Crippen molar-refractivity contribution in [1.82, 2.24) is 0 Å². The SMILES string of the molecule is CCCOC(=O)c1ccc(OC)c(Br)c1Br. The largest absolute Gasteiger partial charge is 0.496 e. The van der Waals surface area contributed by atoms with Gasteiger partial charge in [-0.15, -0.1) is 0 Å². The first-order valence-corrected chi connectivity index (χ1v) is 6.39. The number of hydrogen-bond acceptors (Lipinski definition) is 3. The first-order chi connectivity index (χ1) is 7.61. The molecule has 0 N–H and O–H groups in total. The minimum atomic E-state index is -0.336. The van der Waals surface area contributed by atoms with Gasteiger partial charge in [0, 0.05) is 4.47 Å². The predicted molar refractivity (Wildman–Crippen MR) is 69.0 cm³/mol. The van der Waals surface area contributed by atoms with Gasteiger partial charge in [0.25, 0.3) is 0 Å². The zero-order chi connectivity index (χ0) is 12.1. The molecule has 0 bridgehead atoms. The molecule has 0 aliphatic rings. The zero-order valence-corrected chi connectivity index (χ0v) is 12.2. The molecule has 5 heteroatoms. The van der Waals surface area contributed by atoms with Crippen molar-refractivity contribution in [2.45, 2.75) is 13.3 Å². The van der Waals surface area contributed by atoms with Gasteiger partial charge in [-0.2, -0.15) is 0 Å². The van der Waals surface area contributed by atoms with Gasteiger partial charge in [0.2, 0.25) is 0 Å². The van der Waals surface area contributed by atoms with Crippen LogP contribution >= 0.6 is 31.9 Å². The van der Waals surface area contributed by atoms with Crippen molar-refractivity contribution in [3.63, 3.8) is 0 Å². The van der Waals surface area contributed by atoms with Crippen molar-refractivity contribution >= 4 is 37.8 Å². The monoisotopic (exact) mass is 350 g/mol. The van der Waals surface area contributed by atoms with E-state index in [0.717, 1.165) is 6.42 Å². The second-order valence-electron chi connectivity index (χ2n) is 3.08. The Morgan fingerprint density at radius 2 is 2.00 bits per heavy atom. The number of rotatable bonds is 4. The smallest absolute Gasteiger partial charge is 0.339 e. The highest BCUT2D eigenvalue weighted by atomic mass is 79.9. The number of esters is 1. The Balaban J connectivity index is 2.98. The van der Waals surface area contributed by atoms with Gasteiger partial charge in [-0.25, -0.2) is 4.79 Å². The molecule has 0 spiro atoms. The third-order valence-electron chi connectivity index (χ3n) is 1.92. The van der Waals surface area contributed by atoms with Gasteiger partial charge in [-0.05, 0) is 50.4 Å². The topological polar surface area (TPSA) is 35.5 Å². The molecule has 1 aromatic rings. The standard InChI is InChI=1S/C11H12Br2O3/c1-3-6-16-11(14)7-4-5-8(15-2)10(13)9(7)12/h4-5H,3,6H2,1-2H3. The van der Waals surface area contributed by atoms with E-state index < -0.39 is 0 Å². The fourth-order valence-corrected chi connectivity index (χ4v) is 2.12. The number of hydrogen-bond donors (Lipinski definition) is 0. The lowest BCUT2D eigenvalue weighted by molar-refractivity contribution is 0.0504. The summed E-state index contributed by atoms with van der Waals surface area (Å²) in [7, 11) is 1.57. The number of methoxy groups -OCH3 is 1. The Bertz CT molecular complexity index is 391. The Hall–Kier alpha value is -0.550. The van der Waals surface area contributed by atoms with Gasteiger partial charge < -0.3 is 9.47 Å². The highest BCUT2D eigenvalue weighted by Gasteiger charge is 2.16. The molecule has 0 unspecified atom stereocenters. The summed E-state index contributed by atoms with van der Waals surface area (Å²) in [6, 6.07) is 3.39. The van der Waals surface area contributed by atoms with E-state index in [9.17, 15) is 4.79 Å². The number of benzene rings is 1. The number of carbonyl (C=O) groups excluding carboxylic acids is 1. The highest BCUT2D eigenvalue weighted by molar-refractivity contribution is 9.13. The lowest BCUT2D eigenvalue weighted by Crippen LogP contribution is -2.07. The number of carbonyl (C=O) groups is 1. The van der Waals surface area contributed by atoms with Crippen LogP contribution in [0.15, 0.2) is 21.1 Å². The van der Waals surface area contributed by atoms with Crippen LogP contribution in [0.1, 0.15) is 23.7 Å². The maximum Gasteiger partial charge on any atom is 0.339 e. The van der Waals surface area contributed by atoms with Crippen molar-refractivity contribution < 1.29 is 14.3 Å². The van der Waals surface area contributed by atoms with Crippen molar-refractivity contribution in [3.8, 4) is 5.75 Å². The summed E-state index contributed by atoms with van der Waals surface area (Å²) in [6.07, 6.45) is 0.806. The summed E-state index contributed by atoms with van der Waals surface area (Å²) in [4.78, 5) is 11.7. The predicted octanol–water partition coefficient (Wildman–Crippen LogP) is 3.79. The summed E-state index contributed by atoms with van der Waals surface area (Å²) >= 11 is 6.68. The van der Waals surface area contributed by atoms with Gasteiger partial charge in [-0.3, -0.25) is 0 Å². The third kappa shape index (κ3) is 2.98. The van der Waals surface area contributed by atoms with E-state index in [0.29, 0.717) is 26.9 Å². The van der Waals surface area contributed by atoms with E-state index in [1.807, 2.05) is 6.92 Å². The van der Waals surface area contributed by atoms with Crippen LogP contribution in [0, 0.1) is 0 Å². The van der Waals surface area contributed by atoms with Crippen LogP contribution in [0.3, 0.4) is 0 Å². The summed E-state index contributed by atoms with van der Waals surface area (Å²) in [6.45, 7) is 2.38. The first kappa shape index (κ1) is 13.5. The molecule has 0 atom stereocenters. The molecule has 0 fully saturated rings. The van der Waals surface area contributed by atoms with Crippen LogP contribution in [0.5, 0.6) is 5.75 Å². The summed E-state index contributed by atoms with van der Waals surface area (Å²) in [5.41, 5.74) is 0.487. The van der Waals surface area contributed by atoms with Crippen LogP contribution in [0.2, 0.25) is 0 Å². The molecule has 0 saturated carbocycles. The van der Waals surface area contributed by atoms with Gasteiger partial charge >= 0.3 is 5.97 Å². The molecule has 0 aliphatic carbocycles. The van der Waals surface area contributed by atoms with Crippen molar-refractivity contribution in [3.05, 3.63) is 26.6 Å². The fraction of sp³-hybridized carbons (Fsp3) is 0.364. The minimum Gasteiger partial charge on any atom is -0.496 e. The van der Waals surface area contributed by atoms with Gasteiger partial charge in [0.1, 0.15) is 5.75 Å². The third-order valence-corrected chi connectivity index (χ3v) is 4.07. The van der Waals surface area contributed by atoms with Crippen LogP contribution in [0.25, 0.3) is 0 Å². The first-order valence-electron chi connectivity index (χ1n) is 4.81. The number of halogens is 2. The minimum absolute atomic E-state index is 0.336. The molecule has 0 radical (unpaired) electrons. The van der Waals surface area contributed by atoms with E-state index in [2.05, 4.69) is 31.9 Å². The molecule has 0 aromatic heterocycles. The Labute approximate surface area is 111 Å². The molecule has 88 valence electrons. The van der Waals surface area contributed by atoms with Crippen molar-refractivity contribution in [2.75, 3.05) is 13.7 Å². The molecule has 0 amide bonds. The summed E-state index contributed by atoms with van der Waals surface area (Å²) in [5, 5.41) is 0. The van der Waals surface area contributed by atoms with Crippen molar-refractivity contribution in [2.24, 2.45) is 0 Å². The van der Waals surface area contributed by atoms with Crippen LogP contribution in [-0.4, -0.2) is 19.7 Å². The molecular weight excluding hydrogens is 340 g/mol. The molecule has 1 aromatic carbocycles. The zero-order valence-electron chi connectivity index (χ0n) is 9.05. The molecular formula is C11H12Br2O3. The van der Waals surface area contributed by atoms with E-state index in [1.54, 1.807) is 19.2 Å². The maximum absolute atomic E-state index is 11.7. The second-order valence-corrected chi connectivity index (χ2v) is 4.67. The van der Waals surface area contributed by atoms with Crippen LogP contribution in [0.4, 0.5) is 0 Å². The van der Waals surface area contributed by atoms with Crippen LogP contribution in [-0.2, 0) is 4.74 Å². The lowest BCUT2D eigenvalue weighted by Gasteiger charge is -2.09.